The second-order valence-corrected chi connectivity index (χ2v) is 6.98. The van der Waals surface area contributed by atoms with Crippen molar-refractivity contribution in [3.8, 4) is 17.0 Å². The van der Waals surface area contributed by atoms with E-state index >= 15 is 0 Å². The number of carboxylic acids is 1. The van der Waals surface area contributed by atoms with Gasteiger partial charge in [0.1, 0.15) is 18.2 Å². The Labute approximate surface area is 186 Å². The molecule has 0 aliphatic carbocycles. The molecular weight excluding hydrogens is 440 g/mol. The number of nitrogens with one attached hydrogen (secondary N) is 2. The number of anilines is 3. The van der Waals surface area contributed by atoms with Crippen LogP contribution in [-0.4, -0.2) is 48.3 Å². The molecule has 0 spiro atoms. The summed E-state index contributed by atoms with van der Waals surface area (Å²) in [6.07, 6.45) is 4.08. The Morgan fingerprint density at radius 1 is 1.21 bits per heavy atom. The van der Waals surface area contributed by atoms with Crippen molar-refractivity contribution in [1.82, 2.24) is 24.7 Å². The number of ether oxygens (including phenoxy) is 1. The molecule has 1 amide bonds. The maximum atomic E-state index is 14.1. The van der Waals surface area contributed by atoms with Crippen LogP contribution in [0.15, 0.2) is 30.7 Å². The first-order valence-electron chi connectivity index (χ1n) is 9.74. The zero-order valence-electron chi connectivity index (χ0n) is 18.0. The Morgan fingerprint density at radius 2 is 1.97 bits per heavy atom. The van der Waals surface area contributed by atoms with Crippen molar-refractivity contribution in [3.05, 3.63) is 36.5 Å². The second kappa shape index (κ2) is 9.54. The number of carboxylic acid groups (broad SMARTS) is 1. The molecule has 0 atom stereocenters. The minimum atomic E-state index is -3.36. The first-order valence-corrected chi connectivity index (χ1v) is 9.74. The Balaban J connectivity index is 2.04. The highest BCUT2D eigenvalue weighted by Crippen LogP contribution is 2.32. The van der Waals surface area contributed by atoms with Gasteiger partial charge in [0.15, 0.2) is 5.75 Å². The summed E-state index contributed by atoms with van der Waals surface area (Å²) >= 11 is 0. The van der Waals surface area contributed by atoms with Crippen molar-refractivity contribution in [1.29, 1.82) is 0 Å². The van der Waals surface area contributed by atoms with Crippen LogP contribution in [0.4, 0.5) is 26.1 Å². The molecule has 0 aliphatic heterocycles. The van der Waals surface area contributed by atoms with E-state index in [2.05, 4.69) is 30.7 Å². The van der Waals surface area contributed by atoms with E-state index in [4.69, 9.17) is 9.84 Å². The van der Waals surface area contributed by atoms with Crippen LogP contribution in [0.5, 0.6) is 5.75 Å². The highest BCUT2D eigenvalue weighted by molar-refractivity contribution is 5.88. The third-order valence-corrected chi connectivity index (χ3v) is 4.08. The predicted octanol–water partition coefficient (Wildman–Crippen LogP) is 3.03. The monoisotopic (exact) mass is 461 g/mol. The third-order valence-electron chi connectivity index (χ3n) is 4.08. The first kappa shape index (κ1) is 23.5. The molecule has 3 aromatic rings. The number of alkyl halides is 2. The Kier molecular flexibility index (Phi) is 6.80. The van der Waals surface area contributed by atoms with Gasteiger partial charge in [-0.15, -0.1) is 0 Å². The van der Waals surface area contributed by atoms with Crippen molar-refractivity contribution in [2.24, 2.45) is 0 Å². The lowest BCUT2D eigenvalue weighted by Gasteiger charge is -2.16. The van der Waals surface area contributed by atoms with Crippen LogP contribution in [0.2, 0.25) is 0 Å². The maximum absolute atomic E-state index is 14.1. The van der Waals surface area contributed by atoms with Crippen LogP contribution < -0.4 is 15.4 Å². The minimum absolute atomic E-state index is 0.0171. The van der Waals surface area contributed by atoms with E-state index in [-0.39, 0.29) is 23.2 Å². The summed E-state index contributed by atoms with van der Waals surface area (Å²) in [5.74, 6) is -5.00. The standard InChI is InChI=1S/C20H21F2N7O4/c1-4-33-15-8-23-16(25-11(2)30)6-14(15)26-17-5-13(27-19(28-17)20(3,21)22)12-7-24-29(9-12)10-18(31)32/h5-9H,4,10H2,1-3H3,(H,31,32)(H2,23,25,26,27,28,30). The molecule has 0 saturated heterocycles. The zero-order chi connectivity index (χ0) is 24.2. The number of nitrogens with zero attached hydrogens (tertiary/aromatic N) is 5. The highest BCUT2D eigenvalue weighted by Gasteiger charge is 2.30. The maximum Gasteiger partial charge on any atom is 0.325 e. The number of hydrogen-bond donors (Lipinski definition) is 3. The molecule has 0 aliphatic rings. The number of aliphatic carboxylic acids is 1. The molecule has 0 saturated carbocycles. The summed E-state index contributed by atoms with van der Waals surface area (Å²) in [6.45, 7) is 3.66. The molecule has 3 rings (SSSR count). The van der Waals surface area contributed by atoms with Gasteiger partial charge in [0, 0.05) is 37.7 Å². The number of carbonyl (C=O) groups is 2. The van der Waals surface area contributed by atoms with Gasteiger partial charge < -0.3 is 20.5 Å². The fourth-order valence-corrected chi connectivity index (χ4v) is 2.77. The Bertz CT molecular complexity index is 1180. The SMILES string of the molecule is CCOc1cnc(NC(C)=O)cc1Nc1cc(-c2cnn(CC(=O)O)c2)nc(C(C)(F)F)n1. The van der Waals surface area contributed by atoms with Crippen LogP contribution in [0.3, 0.4) is 0 Å². The number of halogens is 2. The predicted molar refractivity (Wildman–Crippen MR) is 113 cm³/mol. The molecule has 13 heteroatoms. The minimum Gasteiger partial charge on any atom is -0.490 e. The number of amides is 1. The van der Waals surface area contributed by atoms with Crippen molar-refractivity contribution in [2.75, 3.05) is 17.2 Å². The van der Waals surface area contributed by atoms with Crippen LogP contribution in [0.25, 0.3) is 11.3 Å². The van der Waals surface area contributed by atoms with Crippen LogP contribution in [0, 0.1) is 0 Å². The number of rotatable bonds is 9. The number of aromatic nitrogens is 5. The molecule has 174 valence electrons. The van der Waals surface area contributed by atoms with Gasteiger partial charge in [-0.05, 0) is 6.92 Å². The average Bonchev–Trinajstić information content (AvgIpc) is 3.16. The Hall–Kier alpha value is -4.16. The molecule has 3 aromatic heterocycles. The van der Waals surface area contributed by atoms with Crippen molar-refractivity contribution < 1.29 is 28.2 Å². The van der Waals surface area contributed by atoms with E-state index in [1.54, 1.807) is 6.92 Å². The molecule has 0 bridgehead atoms. The Morgan fingerprint density at radius 3 is 2.61 bits per heavy atom. The molecule has 0 aromatic carbocycles. The van der Waals surface area contributed by atoms with Crippen LogP contribution in [-0.2, 0) is 22.1 Å². The summed E-state index contributed by atoms with van der Waals surface area (Å²) in [7, 11) is 0. The van der Waals surface area contributed by atoms with E-state index in [0.29, 0.717) is 30.5 Å². The van der Waals surface area contributed by atoms with Crippen molar-refractivity contribution >= 4 is 29.2 Å². The molecule has 0 fully saturated rings. The largest absolute Gasteiger partial charge is 0.490 e. The molecule has 3 heterocycles. The van der Waals surface area contributed by atoms with Gasteiger partial charge in [0.05, 0.1) is 30.4 Å². The quantitative estimate of drug-likeness (QED) is 0.438. The normalized spacial score (nSPS) is 11.2. The summed E-state index contributed by atoms with van der Waals surface area (Å²) in [6, 6.07) is 2.88. The van der Waals surface area contributed by atoms with Gasteiger partial charge in [-0.3, -0.25) is 14.3 Å². The number of pyridine rings is 1. The fraction of sp³-hybridized carbons (Fsp3) is 0.300. The number of hydrogen-bond acceptors (Lipinski definition) is 8. The van der Waals surface area contributed by atoms with Gasteiger partial charge >= 0.3 is 11.9 Å². The third kappa shape index (κ3) is 6.18. The molecule has 3 N–H and O–H groups in total. The first-order chi connectivity index (χ1) is 15.5. The van der Waals surface area contributed by atoms with Crippen LogP contribution >= 0.6 is 0 Å². The van der Waals surface area contributed by atoms with Gasteiger partial charge in [-0.25, -0.2) is 15.0 Å². The van der Waals surface area contributed by atoms with Gasteiger partial charge in [-0.2, -0.15) is 13.9 Å². The lowest BCUT2D eigenvalue weighted by atomic mass is 10.2. The van der Waals surface area contributed by atoms with Gasteiger partial charge in [0.25, 0.3) is 0 Å². The zero-order valence-corrected chi connectivity index (χ0v) is 18.0. The molecule has 0 unspecified atom stereocenters. The fourth-order valence-electron chi connectivity index (χ4n) is 2.77. The molecule has 11 nitrogen and oxygen atoms in total. The van der Waals surface area contributed by atoms with E-state index in [0.717, 1.165) is 4.68 Å². The van der Waals surface area contributed by atoms with Gasteiger partial charge in [-0.1, -0.05) is 0 Å². The van der Waals surface area contributed by atoms with E-state index < -0.39 is 24.3 Å². The summed E-state index contributed by atoms with van der Waals surface area (Å²) < 4.78 is 34.9. The van der Waals surface area contributed by atoms with Crippen molar-refractivity contribution in [2.45, 2.75) is 33.2 Å². The van der Waals surface area contributed by atoms with E-state index in [9.17, 15) is 18.4 Å². The highest BCUT2D eigenvalue weighted by atomic mass is 19.3. The van der Waals surface area contributed by atoms with Gasteiger partial charge in [0.2, 0.25) is 11.7 Å². The number of carbonyl (C=O) groups excluding carboxylic acids is 1. The van der Waals surface area contributed by atoms with E-state index in [1.807, 2.05) is 0 Å². The molecular formula is C20H21F2N7O4. The molecule has 33 heavy (non-hydrogen) atoms. The lowest BCUT2D eigenvalue weighted by Crippen LogP contribution is -2.14. The van der Waals surface area contributed by atoms with Crippen LogP contribution in [0.1, 0.15) is 26.6 Å². The smallest absolute Gasteiger partial charge is 0.325 e. The lowest BCUT2D eigenvalue weighted by molar-refractivity contribution is -0.137. The summed E-state index contributed by atoms with van der Waals surface area (Å²) in [4.78, 5) is 34.2. The summed E-state index contributed by atoms with van der Waals surface area (Å²) in [5, 5.41) is 18.3. The molecule has 0 radical (unpaired) electrons. The van der Waals surface area contributed by atoms with Crippen molar-refractivity contribution in [3.63, 3.8) is 0 Å². The van der Waals surface area contributed by atoms with E-state index in [1.165, 1.54) is 37.6 Å². The summed E-state index contributed by atoms with van der Waals surface area (Å²) in [5.41, 5.74) is 0.757. The topological polar surface area (TPSA) is 144 Å². The second-order valence-electron chi connectivity index (χ2n) is 6.98. The average molecular weight is 461 g/mol.